The number of pyridine rings is 1. The second-order valence-electron chi connectivity index (χ2n) is 8.25. The van der Waals surface area contributed by atoms with Gasteiger partial charge in [-0.3, -0.25) is 9.78 Å². The predicted molar refractivity (Wildman–Crippen MR) is 130 cm³/mol. The molecule has 1 saturated heterocycles. The molecule has 0 bridgehead atoms. The fraction of sp³-hybridized carbons (Fsp3) is 0.269. The van der Waals surface area contributed by atoms with Crippen LogP contribution in [0.2, 0.25) is 0 Å². The molecule has 0 radical (unpaired) electrons. The molecule has 0 saturated carbocycles. The molecule has 1 aliphatic rings. The van der Waals surface area contributed by atoms with Gasteiger partial charge >= 0.3 is 0 Å². The quantitative estimate of drug-likeness (QED) is 0.471. The van der Waals surface area contributed by atoms with E-state index in [1.54, 1.807) is 20.2 Å². The number of hydrogen-bond acceptors (Lipinski definition) is 5. The molecule has 168 valence electrons. The van der Waals surface area contributed by atoms with Crippen molar-refractivity contribution in [2.75, 3.05) is 38.2 Å². The SMILES string of the molecule is COc1ccc(Cn2c(-c3ccccn3)nc3ccc(N4CCN(C(C)=O)CC4)cc32)cc1. The smallest absolute Gasteiger partial charge is 0.219 e. The van der Waals surface area contributed by atoms with Crippen molar-refractivity contribution in [2.24, 2.45) is 0 Å². The van der Waals surface area contributed by atoms with Crippen molar-refractivity contribution in [1.82, 2.24) is 19.4 Å². The van der Waals surface area contributed by atoms with E-state index in [1.807, 2.05) is 35.2 Å². The van der Waals surface area contributed by atoms with Crippen molar-refractivity contribution >= 4 is 22.6 Å². The van der Waals surface area contributed by atoms with Gasteiger partial charge in [0, 0.05) is 51.5 Å². The number of aromatic nitrogens is 3. The molecule has 1 aliphatic heterocycles. The molecule has 0 atom stereocenters. The Bertz CT molecular complexity index is 1260. The fourth-order valence-electron chi connectivity index (χ4n) is 4.35. The van der Waals surface area contributed by atoms with Gasteiger partial charge in [-0.2, -0.15) is 0 Å². The zero-order valence-electron chi connectivity index (χ0n) is 18.9. The summed E-state index contributed by atoms with van der Waals surface area (Å²) in [7, 11) is 1.68. The number of piperazine rings is 1. The van der Waals surface area contributed by atoms with Crippen LogP contribution in [0.1, 0.15) is 12.5 Å². The number of hydrogen-bond donors (Lipinski definition) is 0. The zero-order chi connectivity index (χ0) is 22.8. The van der Waals surface area contributed by atoms with Crippen molar-refractivity contribution in [1.29, 1.82) is 0 Å². The van der Waals surface area contributed by atoms with Crippen LogP contribution in [0.3, 0.4) is 0 Å². The summed E-state index contributed by atoms with van der Waals surface area (Å²) in [5.41, 5.74) is 5.16. The van der Waals surface area contributed by atoms with E-state index in [0.29, 0.717) is 6.54 Å². The van der Waals surface area contributed by atoms with Crippen LogP contribution in [-0.2, 0) is 11.3 Å². The molecule has 3 heterocycles. The van der Waals surface area contributed by atoms with Crippen molar-refractivity contribution in [3.05, 3.63) is 72.4 Å². The Labute approximate surface area is 193 Å². The Hall–Kier alpha value is -3.87. The largest absolute Gasteiger partial charge is 0.497 e. The summed E-state index contributed by atoms with van der Waals surface area (Å²) in [6, 6.07) is 20.4. The normalized spacial score (nSPS) is 14.0. The van der Waals surface area contributed by atoms with Crippen LogP contribution < -0.4 is 9.64 Å². The standard InChI is InChI=1S/C26H27N5O2/c1-19(32)29-13-15-30(16-14-29)21-8-11-23-25(17-21)31(18-20-6-9-22(33-2)10-7-20)26(28-23)24-5-3-4-12-27-24/h3-12,17H,13-16,18H2,1-2H3. The van der Waals surface area contributed by atoms with E-state index < -0.39 is 0 Å². The lowest BCUT2D eigenvalue weighted by atomic mass is 10.2. The minimum absolute atomic E-state index is 0.141. The number of rotatable bonds is 5. The van der Waals surface area contributed by atoms with E-state index in [1.165, 1.54) is 0 Å². The Kier molecular flexibility index (Phi) is 5.69. The number of methoxy groups -OCH3 is 1. The van der Waals surface area contributed by atoms with Gasteiger partial charge in [-0.1, -0.05) is 18.2 Å². The third kappa shape index (κ3) is 4.26. The number of carbonyl (C=O) groups is 1. The molecule has 0 unspecified atom stereocenters. The summed E-state index contributed by atoms with van der Waals surface area (Å²) in [6.45, 7) is 5.46. The van der Waals surface area contributed by atoms with E-state index in [9.17, 15) is 4.79 Å². The maximum absolute atomic E-state index is 11.7. The summed E-state index contributed by atoms with van der Waals surface area (Å²) in [5, 5.41) is 0. The topological polar surface area (TPSA) is 63.5 Å². The summed E-state index contributed by atoms with van der Waals surface area (Å²) in [5.74, 6) is 1.83. The lowest BCUT2D eigenvalue weighted by molar-refractivity contribution is -0.129. The summed E-state index contributed by atoms with van der Waals surface area (Å²) in [6.07, 6.45) is 1.80. The van der Waals surface area contributed by atoms with Crippen LogP contribution in [0.5, 0.6) is 5.75 Å². The van der Waals surface area contributed by atoms with E-state index in [2.05, 4.69) is 44.8 Å². The highest BCUT2D eigenvalue weighted by atomic mass is 16.5. The van der Waals surface area contributed by atoms with Crippen LogP contribution in [-0.4, -0.2) is 58.6 Å². The highest BCUT2D eigenvalue weighted by Crippen LogP contribution is 2.29. The number of ether oxygens (including phenoxy) is 1. The highest BCUT2D eigenvalue weighted by molar-refractivity contribution is 5.84. The molecule has 7 heteroatoms. The van der Waals surface area contributed by atoms with Crippen LogP contribution in [0, 0.1) is 0 Å². The first-order chi connectivity index (χ1) is 16.1. The van der Waals surface area contributed by atoms with Gasteiger partial charge in [-0.25, -0.2) is 4.98 Å². The Balaban J connectivity index is 1.54. The van der Waals surface area contributed by atoms with Gasteiger partial charge in [-0.05, 0) is 48.0 Å². The summed E-state index contributed by atoms with van der Waals surface area (Å²) >= 11 is 0. The fourth-order valence-corrected chi connectivity index (χ4v) is 4.35. The first-order valence-corrected chi connectivity index (χ1v) is 11.2. The number of anilines is 1. The number of carbonyl (C=O) groups excluding carboxylic acids is 1. The van der Waals surface area contributed by atoms with Gasteiger partial charge < -0.3 is 19.1 Å². The highest BCUT2D eigenvalue weighted by Gasteiger charge is 2.20. The molecule has 2 aromatic carbocycles. The van der Waals surface area contributed by atoms with E-state index >= 15 is 0 Å². The molecule has 33 heavy (non-hydrogen) atoms. The molecule has 4 aromatic rings. The zero-order valence-corrected chi connectivity index (χ0v) is 18.9. The van der Waals surface area contributed by atoms with E-state index in [4.69, 9.17) is 9.72 Å². The monoisotopic (exact) mass is 441 g/mol. The number of benzene rings is 2. The minimum Gasteiger partial charge on any atom is -0.497 e. The molecule has 5 rings (SSSR count). The third-order valence-electron chi connectivity index (χ3n) is 6.22. The maximum Gasteiger partial charge on any atom is 0.219 e. The van der Waals surface area contributed by atoms with Crippen molar-refractivity contribution in [3.63, 3.8) is 0 Å². The van der Waals surface area contributed by atoms with Crippen LogP contribution in [0.4, 0.5) is 5.69 Å². The summed E-state index contributed by atoms with van der Waals surface area (Å²) in [4.78, 5) is 25.4. The Morgan fingerprint density at radius 2 is 1.79 bits per heavy atom. The number of fused-ring (bicyclic) bond motifs is 1. The van der Waals surface area contributed by atoms with Gasteiger partial charge in [0.15, 0.2) is 5.82 Å². The molecule has 1 fully saturated rings. The first-order valence-electron chi connectivity index (χ1n) is 11.2. The number of amides is 1. The molecule has 0 spiro atoms. The Morgan fingerprint density at radius 3 is 2.45 bits per heavy atom. The third-order valence-corrected chi connectivity index (χ3v) is 6.22. The maximum atomic E-state index is 11.7. The van der Waals surface area contributed by atoms with Crippen molar-refractivity contribution in [3.8, 4) is 17.3 Å². The van der Waals surface area contributed by atoms with Crippen molar-refractivity contribution < 1.29 is 9.53 Å². The van der Waals surface area contributed by atoms with E-state index in [0.717, 1.165) is 65.7 Å². The molecular formula is C26H27N5O2. The average Bonchev–Trinajstić information content (AvgIpc) is 3.22. The molecule has 2 aromatic heterocycles. The lowest BCUT2D eigenvalue weighted by Gasteiger charge is -2.35. The Morgan fingerprint density at radius 1 is 1.00 bits per heavy atom. The van der Waals surface area contributed by atoms with Gasteiger partial charge in [-0.15, -0.1) is 0 Å². The van der Waals surface area contributed by atoms with E-state index in [-0.39, 0.29) is 5.91 Å². The molecule has 0 N–H and O–H groups in total. The average molecular weight is 442 g/mol. The van der Waals surface area contributed by atoms with Gasteiger partial charge in [0.2, 0.25) is 5.91 Å². The molecule has 7 nitrogen and oxygen atoms in total. The molecular weight excluding hydrogens is 414 g/mol. The second-order valence-corrected chi connectivity index (χ2v) is 8.25. The van der Waals surface area contributed by atoms with Gasteiger partial charge in [0.25, 0.3) is 0 Å². The first kappa shape index (κ1) is 21.0. The van der Waals surface area contributed by atoms with Gasteiger partial charge in [0.1, 0.15) is 11.4 Å². The number of imidazole rings is 1. The number of nitrogens with zero attached hydrogens (tertiary/aromatic N) is 5. The molecule has 0 aliphatic carbocycles. The van der Waals surface area contributed by atoms with Gasteiger partial charge in [0.05, 0.1) is 18.1 Å². The van der Waals surface area contributed by atoms with Crippen LogP contribution >= 0.6 is 0 Å². The van der Waals surface area contributed by atoms with Crippen molar-refractivity contribution in [2.45, 2.75) is 13.5 Å². The summed E-state index contributed by atoms with van der Waals surface area (Å²) < 4.78 is 7.54. The van der Waals surface area contributed by atoms with Crippen LogP contribution in [0.15, 0.2) is 66.9 Å². The molecule has 1 amide bonds. The minimum atomic E-state index is 0.141. The predicted octanol–water partition coefficient (Wildman–Crippen LogP) is 3.82. The van der Waals surface area contributed by atoms with Crippen LogP contribution in [0.25, 0.3) is 22.6 Å². The lowest BCUT2D eigenvalue weighted by Crippen LogP contribution is -2.48. The second kappa shape index (κ2) is 8.94.